The Hall–Kier alpha value is -2.20. The summed E-state index contributed by atoms with van der Waals surface area (Å²) < 4.78 is 16.4. The van der Waals surface area contributed by atoms with Gasteiger partial charge in [-0.3, -0.25) is 0 Å². The van der Waals surface area contributed by atoms with Gasteiger partial charge in [-0.05, 0) is 24.3 Å². The van der Waals surface area contributed by atoms with Gasteiger partial charge in [0.05, 0.1) is 23.8 Å². The van der Waals surface area contributed by atoms with Gasteiger partial charge >= 0.3 is 5.97 Å². The molecule has 0 fully saturated rings. The van der Waals surface area contributed by atoms with Crippen molar-refractivity contribution in [1.82, 2.24) is 0 Å². The Balaban J connectivity index is 1.87. The maximum Gasteiger partial charge on any atom is 0.343 e. The van der Waals surface area contributed by atoms with Gasteiger partial charge in [-0.25, -0.2) is 4.79 Å². The van der Waals surface area contributed by atoms with E-state index in [1.165, 1.54) is 6.07 Å². The van der Waals surface area contributed by atoms with Crippen molar-refractivity contribution in [2.45, 2.75) is 6.42 Å². The molecule has 2 aromatic carbocycles. The summed E-state index contributed by atoms with van der Waals surface area (Å²) in [5.74, 6) is 0.940. The molecule has 0 N–H and O–H groups in total. The van der Waals surface area contributed by atoms with Gasteiger partial charge in [0.25, 0.3) is 0 Å². The first-order valence-electron chi connectivity index (χ1n) is 6.60. The van der Waals surface area contributed by atoms with Crippen molar-refractivity contribution in [3.63, 3.8) is 0 Å². The van der Waals surface area contributed by atoms with Gasteiger partial charge in [0, 0.05) is 6.42 Å². The number of ether oxygens (including phenoxy) is 3. The number of rotatable bonds is 2. The third-order valence-electron chi connectivity index (χ3n) is 2.99. The van der Waals surface area contributed by atoms with E-state index in [4.69, 9.17) is 25.8 Å². The van der Waals surface area contributed by atoms with Gasteiger partial charge in [0.15, 0.2) is 11.5 Å². The molecule has 0 bridgehead atoms. The molecule has 0 radical (unpaired) electrons. The van der Waals surface area contributed by atoms with Crippen LogP contribution in [0.3, 0.4) is 0 Å². The minimum atomic E-state index is -0.487. The Labute approximate surface area is 127 Å². The number of esters is 1. The summed E-state index contributed by atoms with van der Waals surface area (Å²) >= 11 is 6.15. The van der Waals surface area contributed by atoms with Crippen LogP contribution in [0.5, 0.6) is 17.2 Å². The molecular formula is C16H13ClO4. The molecule has 0 saturated carbocycles. The number of hydrogen-bond donors (Lipinski definition) is 0. The molecule has 3 rings (SSSR count). The average Bonchev–Trinajstić information content (AvgIpc) is 2.74. The van der Waals surface area contributed by atoms with E-state index in [9.17, 15) is 4.79 Å². The smallest absolute Gasteiger partial charge is 0.343 e. The summed E-state index contributed by atoms with van der Waals surface area (Å²) in [5, 5.41) is 0.342. The zero-order chi connectivity index (χ0) is 14.7. The average molecular weight is 305 g/mol. The predicted molar refractivity (Wildman–Crippen MR) is 78.5 cm³/mol. The molecule has 0 spiro atoms. The van der Waals surface area contributed by atoms with Crippen molar-refractivity contribution in [2.24, 2.45) is 0 Å². The number of carbonyl (C=O) groups is 1. The van der Waals surface area contributed by atoms with Crippen LogP contribution in [0.25, 0.3) is 0 Å². The summed E-state index contributed by atoms with van der Waals surface area (Å²) in [5.41, 5.74) is 0.327. The zero-order valence-corrected chi connectivity index (χ0v) is 11.9. The maximum absolute atomic E-state index is 12.2. The highest BCUT2D eigenvalue weighted by Crippen LogP contribution is 2.38. The summed E-state index contributed by atoms with van der Waals surface area (Å²) in [6, 6.07) is 12.0. The van der Waals surface area contributed by atoms with E-state index in [1.807, 2.05) is 6.07 Å². The molecule has 0 unspecified atom stereocenters. The summed E-state index contributed by atoms with van der Waals surface area (Å²) in [6.07, 6.45) is 0.773. The predicted octanol–water partition coefficient (Wildman–Crippen LogP) is 3.72. The molecule has 1 aliphatic heterocycles. The monoisotopic (exact) mass is 304 g/mol. The lowest BCUT2D eigenvalue weighted by Crippen LogP contribution is -2.09. The zero-order valence-electron chi connectivity index (χ0n) is 11.2. The summed E-state index contributed by atoms with van der Waals surface area (Å²) in [7, 11) is 0. The Morgan fingerprint density at radius 2 is 1.86 bits per heavy atom. The third kappa shape index (κ3) is 3.11. The summed E-state index contributed by atoms with van der Waals surface area (Å²) in [4.78, 5) is 12.2. The first kappa shape index (κ1) is 13.8. The van der Waals surface area contributed by atoms with E-state index >= 15 is 0 Å². The number of para-hydroxylation sites is 1. The highest BCUT2D eigenvalue weighted by Gasteiger charge is 2.19. The van der Waals surface area contributed by atoms with Crippen LogP contribution in [0, 0.1) is 0 Å². The van der Waals surface area contributed by atoms with E-state index in [0.717, 1.165) is 6.42 Å². The van der Waals surface area contributed by atoms with Crippen LogP contribution in [-0.4, -0.2) is 19.2 Å². The van der Waals surface area contributed by atoms with E-state index in [0.29, 0.717) is 41.0 Å². The van der Waals surface area contributed by atoms with Crippen LogP contribution >= 0.6 is 11.6 Å². The number of benzene rings is 2. The molecule has 108 valence electrons. The Kier molecular flexibility index (Phi) is 3.97. The quantitative estimate of drug-likeness (QED) is 0.626. The van der Waals surface area contributed by atoms with E-state index in [1.54, 1.807) is 30.3 Å². The maximum atomic E-state index is 12.2. The standard InChI is InChI=1S/C16H13ClO4/c17-13-9-11(10-14-15(13)20-8-4-7-19-14)16(18)21-12-5-2-1-3-6-12/h1-3,5-6,9-10H,4,7-8H2. The van der Waals surface area contributed by atoms with Crippen LogP contribution in [0.1, 0.15) is 16.8 Å². The lowest BCUT2D eigenvalue weighted by molar-refractivity contribution is 0.0734. The van der Waals surface area contributed by atoms with Crippen LogP contribution in [0.15, 0.2) is 42.5 Å². The van der Waals surface area contributed by atoms with Crippen LogP contribution in [0.4, 0.5) is 0 Å². The van der Waals surface area contributed by atoms with E-state index in [-0.39, 0.29) is 0 Å². The van der Waals surface area contributed by atoms with E-state index in [2.05, 4.69) is 0 Å². The normalized spacial score (nSPS) is 13.4. The molecule has 4 nitrogen and oxygen atoms in total. The Morgan fingerprint density at radius 1 is 1.10 bits per heavy atom. The Bertz CT molecular complexity index is 655. The van der Waals surface area contributed by atoms with Gasteiger partial charge in [-0.15, -0.1) is 0 Å². The minimum Gasteiger partial charge on any atom is -0.489 e. The summed E-state index contributed by atoms with van der Waals surface area (Å²) in [6.45, 7) is 1.07. The topological polar surface area (TPSA) is 44.8 Å². The number of halogens is 1. The molecule has 0 aliphatic carbocycles. The second-order valence-electron chi connectivity index (χ2n) is 4.54. The van der Waals surface area contributed by atoms with Crippen LogP contribution in [-0.2, 0) is 0 Å². The fourth-order valence-electron chi connectivity index (χ4n) is 2.00. The molecule has 0 amide bonds. The largest absolute Gasteiger partial charge is 0.489 e. The fourth-order valence-corrected chi connectivity index (χ4v) is 2.27. The van der Waals surface area contributed by atoms with Crippen molar-refractivity contribution in [3.8, 4) is 17.2 Å². The number of fused-ring (bicyclic) bond motifs is 1. The first-order chi connectivity index (χ1) is 10.2. The van der Waals surface area contributed by atoms with Crippen molar-refractivity contribution < 1.29 is 19.0 Å². The van der Waals surface area contributed by atoms with Gasteiger partial charge in [-0.1, -0.05) is 29.8 Å². The SMILES string of the molecule is O=C(Oc1ccccc1)c1cc(Cl)c2c(c1)OCCCO2. The third-order valence-corrected chi connectivity index (χ3v) is 3.27. The molecule has 0 aromatic heterocycles. The second kappa shape index (κ2) is 6.06. The van der Waals surface area contributed by atoms with Crippen LogP contribution < -0.4 is 14.2 Å². The molecule has 1 heterocycles. The van der Waals surface area contributed by atoms with Crippen molar-refractivity contribution in [2.75, 3.05) is 13.2 Å². The molecular weight excluding hydrogens is 292 g/mol. The van der Waals surface area contributed by atoms with Gasteiger partial charge in [0.1, 0.15) is 5.75 Å². The van der Waals surface area contributed by atoms with Crippen LogP contribution in [0.2, 0.25) is 5.02 Å². The van der Waals surface area contributed by atoms with E-state index < -0.39 is 5.97 Å². The molecule has 21 heavy (non-hydrogen) atoms. The van der Waals surface area contributed by atoms with Crippen molar-refractivity contribution in [3.05, 3.63) is 53.1 Å². The molecule has 1 aliphatic rings. The fraction of sp³-hybridized carbons (Fsp3) is 0.188. The highest BCUT2D eigenvalue weighted by molar-refractivity contribution is 6.32. The molecule has 0 atom stereocenters. The van der Waals surface area contributed by atoms with Gasteiger partial charge < -0.3 is 14.2 Å². The minimum absolute atomic E-state index is 0.327. The van der Waals surface area contributed by atoms with Crippen molar-refractivity contribution >= 4 is 17.6 Å². The highest BCUT2D eigenvalue weighted by atomic mass is 35.5. The molecule has 0 saturated heterocycles. The second-order valence-corrected chi connectivity index (χ2v) is 4.95. The van der Waals surface area contributed by atoms with Gasteiger partial charge in [0.2, 0.25) is 0 Å². The Morgan fingerprint density at radius 3 is 2.67 bits per heavy atom. The number of hydrogen-bond acceptors (Lipinski definition) is 4. The lowest BCUT2D eigenvalue weighted by atomic mass is 10.2. The number of carbonyl (C=O) groups excluding carboxylic acids is 1. The van der Waals surface area contributed by atoms with Crippen molar-refractivity contribution in [1.29, 1.82) is 0 Å². The molecule has 5 heteroatoms. The van der Waals surface area contributed by atoms with Gasteiger partial charge in [-0.2, -0.15) is 0 Å². The molecule has 2 aromatic rings. The first-order valence-corrected chi connectivity index (χ1v) is 6.98. The lowest BCUT2D eigenvalue weighted by Gasteiger charge is -2.11.